The van der Waals surface area contributed by atoms with Gasteiger partial charge in [0.2, 0.25) is 6.79 Å². The van der Waals surface area contributed by atoms with Gasteiger partial charge in [-0.05, 0) is 65.6 Å². The van der Waals surface area contributed by atoms with Gasteiger partial charge in [-0.2, -0.15) is 0 Å². The molecule has 0 radical (unpaired) electrons. The molecule has 9 nitrogen and oxygen atoms in total. The van der Waals surface area contributed by atoms with Gasteiger partial charge in [0, 0.05) is 52.0 Å². The van der Waals surface area contributed by atoms with E-state index in [4.69, 9.17) is 23.9 Å². The molecule has 4 heterocycles. The van der Waals surface area contributed by atoms with Crippen molar-refractivity contribution >= 4 is 28.6 Å². The number of rotatable bonds is 7. The van der Waals surface area contributed by atoms with E-state index < -0.39 is 0 Å². The highest BCUT2D eigenvalue weighted by atomic mass is 16.7. The Morgan fingerprint density at radius 2 is 1.73 bits per heavy atom. The highest BCUT2D eigenvalue weighted by molar-refractivity contribution is 6.07. The SMILES string of the molecule is COc1cc2cc3c(cc2cc1OCCN1CCN(Cc2ccc4c(c2)OCO4)CC1)N=C[C@@H]1CCCN1C3=O. The molecule has 4 aliphatic rings. The molecule has 0 bridgehead atoms. The normalized spacial score (nSPS) is 20.5. The van der Waals surface area contributed by atoms with Gasteiger partial charge >= 0.3 is 0 Å². The standard InChI is InChI=1S/C31H34N4O5/c1-37-28-16-22-14-25-26(32-18-24-3-2-6-35(24)31(25)36)15-23(22)17-30(28)38-12-11-33-7-9-34(10-8-33)19-21-4-5-27-29(13-21)40-20-39-27/h4-5,13-18,24H,2-3,6-12,19-20H2,1H3/t24-/m0/s1. The zero-order valence-corrected chi connectivity index (χ0v) is 22.8. The predicted octanol–water partition coefficient (Wildman–Crippen LogP) is 4.09. The zero-order chi connectivity index (χ0) is 27.1. The number of fused-ring (bicyclic) bond motifs is 4. The van der Waals surface area contributed by atoms with Crippen LogP contribution in [0.1, 0.15) is 28.8 Å². The van der Waals surface area contributed by atoms with Crippen LogP contribution in [0.15, 0.2) is 47.5 Å². The number of hydrogen-bond donors (Lipinski definition) is 0. The van der Waals surface area contributed by atoms with E-state index in [1.54, 1.807) is 7.11 Å². The van der Waals surface area contributed by atoms with E-state index in [0.717, 1.165) is 86.6 Å². The van der Waals surface area contributed by atoms with Crippen molar-refractivity contribution in [1.82, 2.24) is 14.7 Å². The van der Waals surface area contributed by atoms with Crippen LogP contribution in [0.5, 0.6) is 23.0 Å². The number of methoxy groups -OCH3 is 1. The molecule has 1 amide bonds. The van der Waals surface area contributed by atoms with Gasteiger partial charge in [0.1, 0.15) is 6.61 Å². The Bertz CT molecular complexity index is 1470. The van der Waals surface area contributed by atoms with Crippen molar-refractivity contribution in [3.05, 3.63) is 53.6 Å². The van der Waals surface area contributed by atoms with Gasteiger partial charge in [-0.3, -0.25) is 19.6 Å². The van der Waals surface area contributed by atoms with E-state index >= 15 is 0 Å². The van der Waals surface area contributed by atoms with Gasteiger partial charge in [-0.1, -0.05) is 6.07 Å². The lowest BCUT2D eigenvalue weighted by Gasteiger charge is -2.34. The van der Waals surface area contributed by atoms with Crippen molar-refractivity contribution in [3.63, 3.8) is 0 Å². The van der Waals surface area contributed by atoms with Crippen LogP contribution >= 0.6 is 0 Å². The van der Waals surface area contributed by atoms with E-state index in [2.05, 4.69) is 21.9 Å². The highest BCUT2D eigenvalue weighted by Gasteiger charge is 2.32. The Labute approximate surface area is 233 Å². The van der Waals surface area contributed by atoms with Crippen LogP contribution in [0.4, 0.5) is 5.69 Å². The fourth-order valence-electron chi connectivity index (χ4n) is 6.12. The zero-order valence-electron chi connectivity index (χ0n) is 22.8. The summed E-state index contributed by atoms with van der Waals surface area (Å²) in [6, 6.07) is 14.2. The summed E-state index contributed by atoms with van der Waals surface area (Å²) in [5.41, 5.74) is 2.62. The maximum Gasteiger partial charge on any atom is 0.256 e. The summed E-state index contributed by atoms with van der Waals surface area (Å²) in [7, 11) is 1.65. The van der Waals surface area contributed by atoms with Gasteiger partial charge in [0.25, 0.3) is 5.91 Å². The molecule has 7 rings (SSSR count). The summed E-state index contributed by atoms with van der Waals surface area (Å²) in [5, 5.41) is 1.93. The molecule has 1 atom stereocenters. The molecule has 2 saturated heterocycles. The monoisotopic (exact) mass is 542 g/mol. The minimum atomic E-state index is 0.0622. The van der Waals surface area contributed by atoms with Crippen LogP contribution in [0, 0.1) is 0 Å². The summed E-state index contributed by atoms with van der Waals surface area (Å²) in [4.78, 5) is 24.7. The van der Waals surface area contributed by atoms with Gasteiger partial charge in [0.15, 0.2) is 23.0 Å². The molecular formula is C31H34N4O5. The van der Waals surface area contributed by atoms with Gasteiger partial charge < -0.3 is 23.8 Å². The predicted molar refractivity (Wildman–Crippen MR) is 152 cm³/mol. The second-order valence-electron chi connectivity index (χ2n) is 10.9. The van der Waals surface area contributed by atoms with E-state index in [0.29, 0.717) is 30.5 Å². The summed E-state index contributed by atoms with van der Waals surface area (Å²) in [6.45, 7) is 7.44. The summed E-state index contributed by atoms with van der Waals surface area (Å²) >= 11 is 0. The number of piperazine rings is 1. The molecule has 40 heavy (non-hydrogen) atoms. The number of amides is 1. The van der Waals surface area contributed by atoms with E-state index in [9.17, 15) is 4.79 Å². The average molecular weight is 543 g/mol. The molecule has 208 valence electrons. The number of benzene rings is 3. The molecule has 9 heteroatoms. The Balaban J connectivity index is 0.972. The minimum absolute atomic E-state index is 0.0622. The Kier molecular flexibility index (Phi) is 6.69. The van der Waals surface area contributed by atoms with Crippen molar-refractivity contribution < 1.29 is 23.7 Å². The van der Waals surface area contributed by atoms with Crippen molar-refractivity contribution in [2.24, 2.45) is 4.99 Å². The molecule has 3 aromatic rings. The second kappa shape index (κ2) is 10.6. The number of carbonyl (C=O) groups is 1. The van der Waals surface area contributed by atoms with Crippen LogP contribution in [0.25, 0.3) is 10.8 Å². The van der Waals surface area contributed by atoms with Gasteiger partial charge in [-0.25, -0.2) is 0 Å². The average Bonchev–Trinajstić information content (AvgIpc) is 3.63. The summed E-state index contributed by atoms with van der Waals surface area (Å²) < 4.78 is 22.9. The van der Waals surface area contributed by atoms with E-state index in [1.165, 1.54) is 5.56 Å². The largest absolute Gasteiger partial charge is 0.493 e. The first-order chi connectivity index (χ1) is 19.6. The van der Waals surface area contributed by atoms with Crippen LogP contribution in [0.2, 0.25) is 0 Å². The molecule has 4 aliphatic heterocycles. The van der Waals surface area contributed by atoms with Crippen LogP contribution < -0.4 is 18.9 Å². The fourth-order valence-corrected chi connectivity index (χ4v) is 6.12. The number of nitrogens with zero attached hydrogens (tertiary/aromatic N) is 4. The Morgan fingerprint density at radius 3 is 2.60 bits per heavy atom. The van der Waals surface area contributed by atoms with Crippen molar-refractivity contribution in [1.29, 1.82) is 0 Å². The van der Waals surface area contributed by atoms with Crippen molar-refractivity contribution in [3.8, 4) is 23.0 Å². The lowest BCUT2D eigenvalue weighted by molar-refractivity contribution is 0.0775. The molecule has 0 aromatic heterocycles. The molecule has 0 unspecified atom stereocenters. The van der Waals surface area contributed by atoms with E-state index in [-0.39, 0.29) is 11.9 Å². The topological polar surface area (TPSA) is 76.1 Å². The Hall–Kier alpha value is -3.82. The second-order valence-corrected chi connectivity index (χ2v) is 10.9. The van der Waals surface area contributed by atoms with Crippen LogP contribution in [-0.2, 0) is 6.54 Å². The van der Waals surface area contributed by atoms with Crippen LogP contribution in [-0.4, -0.2) is 92.6 Å². The van der Waals surface area contributed by atoms with Gasteiger partial charge in [0.05, 0.1) is 24.4 Å². The highest BCUT2D eigenvalue weighted by Crippen LogP contribution is 2.38. The van der Waals surface area contributed by atoms with Crippen molar-refractivity contribution in [2.75, 3.05) is 59.8 Å². The third-order valence-corrected chi connectivity index (χ3v) is 8.39. The van der Waals surface area contributed by atoms with Gasteiger partial charge in [-0.15, -0.1) is 0 Å². The lowest BCUT2D eigenvalue weighted by Crippen LogP contribution is -2.47. The maximum absolute atomic E-state index is 13.2. The number of carbonyl (C=O) groups excluding carboxylic acids is 1. The number of hydrogen-bond acceptors (Lipinski definition) is 8. The molecule has 3 aromatic carbocycles. The molecular weight excluding hydrogens is 508 g/mol. The molecule has 0 spiro atoms. The Morgan fingerprint density at radius 1 is 0.925 bits per heavy atom. The molecule has 0 N–H and O–H groups in total. The first-order valence-corrected chi connectivity index (χ1v) is 14.1. The third kappa shape index (κ3) is 4.84. The fraction of sp³-hybridized carbons (Fsp3) is 0.419. The van der Waals surface area contributed by atoms with E-state index in [1.807, 2.05) is 41.4 Å². The maximum atomic E-state index is 13.2. The summed E-state index contributed by atoms with van der Waals surface area (Å²) in [5.74, 6) is 3.11. The number of ether oxygens (including phenoxy) is 4. The third-order valence-electron chi connectivity index (χ3n) is 8.39. The summed E-state index contributed by atoms with van der Waals surface area (Å²) in [6.07, 6.45) is 3.93. The minimum Gasteiger partial charge on any atom is -0.493 e. The molecule has 0 aliphatic carbocycles. The lowest BCUT2D eigenvalue weighted by atomic mass is 10.0. The first kappa shape index (κ1) is 25.2. The quantitative estimate of drug-likeness (QED) is 0.445. The molecule has 0 saturated carbocycles. The smallest absolute Gasteiger partial charge is 0.256 e. The van der Waals surface area contributed by atoms with Crippen molar-refractivity contribution in [2.45, 2.75) is 25.4 Å². The van der Waals surface area contributed by atoms with Crippen LogP contribution in [0.3, 0.4) is 0 Å². The first-order valence-electron chi connectivity index (χ1n) is 14.1. The molecule has 2 fully saturated rings. The number of aliphatic imine (C=N–C) groups is 1.